The molecule has 0 saturated heterocycles. The molecule has 26 heavy (non-hydrogen) atoms. The molecule has 0 aliphatic rings. The second-order valence-corrected chi connectivity index (χ2v) is 7.37. The molecule has 0 aliphatic carbocycles. The molecule has 0 saturated carbocycles. The minimum Gasteiger partial charge on any atom is -0.355 e. The van der Waals surface area contributed by atoms with E-state index in [9.17, 15) is 9.59 Å². The van der Waals surface area contributed by atoms with Gasteiger partial charge in [0, 0.05) is 29.9 Å². The highest BCUT2D eigenvalue weighted by Crippen LogP contribution is 2.24. The average molecular weight is 373 g/mol. The van der Waals surface area contributed by atoms with Crippen LogP contribution in [0, 0.1) is 0 Å². The van der Waals surface area contributed by atoms with Crippen molar-refractivity contribution in [2.45, 2.75) is 32.1 Å². The van der Waals surface area contributed by atoms with Crippen LogP contribution in [0.15, 0.2) is 54.6 Å². The fourth-order valence-electron chi connectivity index (χ4n) is 2.58. The van der Waals surface area contributed by atoms with Gasteiger partial charge >= 0.3 is 0 Å². The topological polar surface area (TPSA) is 58.2 Å². The molecule has 0 atom stereocenters. The molecule has 2 aromatic carbocycles. The maximum atomic E-state index is 12.0. The van der Waals surface area contributed by atoms with Crippen LogP contribution in [0.3, 0.4) is 0 Å². The van der Waals surface area contributed by atoms with Gasteiger partial charge in [-0.25, -0.2) is 0 Å². The Balaban J connectivity index is 1.71. The molecule has 0 radical (unpaired) electrons. The van der Waals surface area contributed by atoms with Gasteiger partial charge in [0.05, 0.1) is 6.42 Å². The van der Waals surface area contributed by atoms with Gasteiger partial charge in [0.1, 0.15) is 0 Å². The minimum absolute atomic E-state index is 0.0803. The Bertz CT molecular complexity index is 745. The lowest BCUT2D eigenvalue weighted by atomic mass is 9.84. The predicted molar refractivity (Wildman–Crippen MR) is 105 cm³/mol. The first-order valence-corrected chi connectivity index (χ1v) is 9.08. The summed E-state index contributed by atoms with van der Waals surface area (Å²) in [6.45, 7) is 4.94. The molecule has 0 aromatic heterocycles. The molecular weight excluding hydrogens is 348 g/mol. The number of benzene rings is 2. The van der Waals surface area contributed by atoms with Crippen molar-refractivity contribution in [3.63, 3.8) is 0 Å². The molecular formula is C21H25ClN2O2. The maximum absolute atomic E-state index is 12.0. The van der Waals surface area contributed by atoms with Crippen LogP contribution in [-0.2, 0) is 21.4 Å². The van der Waals surface area contributed by atoms with Crippen molar-refractivity contribution in [3.05, 3.63) is 70.7 Å². The molecule has 138 valence electrons. The molecule has 2 N–H and O–H groups in total. The zero-order valence-corrected chi connectivity index (χ0v) is 16.0. The third-order valence-electron chi connectivity index (χ3n) is 4.22. The van der Waals surface area contributed by atoms with Gasteiger partial charge in [0.15, 0.2) is 0 Å². The number of rotatable bonds is 8. The van der Waals surface area contributed by atoms with E-state index in [1.165, 1.54) is 0 Å². The summed E-state index contributed by atoms with van der Waals surface area (Å²) in [7, 11) is 0. The molecule has 0 bridgehead atoms. The quantitative estimate of drug-likeness (QED) is 0.745. The smallest absolute Gasteiger partial charge is 0.224 e. The second kappa shape index (κ2) is 9.39. The molecule has 0 heterocycles. The van der Waals surface area contributed by atoms with E-state index in [2.05, 4.69) is 24.5 Å². The summed E-state index contributed by atoms with van der Waals surface area (Å²) < 4.78 is 0. The van der Waals surface area contributed by atoms with Gasteiger partial charge in [-0.05, 0) is 23.3 Å². The van der Waals surface area contributed by atoms with Crippen molar-refractivity contribution < 1.29 is 9.59 Å². The van der Waals surface area contributed by atoms with Crippen LogP contribution >= 0.6 is 11.6 Å². The van der Waals surface area contributed by atoms with Gasteiger partial charge in [-0.3, -0.25) is 9.59 Å². The van der Waals surface area contributed by atoms with Crippen LogP contribution in [-0.4, -0.2) is 24.9 Å². The van der Waals surface area contributed by atoms with Crippen molar-refractivity contribution in [1.82, 2.24) is 10.6 Å². The first kappa shape index (κ1) is 20.0. The van der Waals surface area contributed by atoms with Gasteiger partial charge in [-0.1, -0.05) is 67.9 Å². The molecule has 0 fully saturated rings. The number of nitrogens with one attached hydrogen (secondary N) is 2. The predicted octanol–water partition coefficient (Wildman–Crippen LogP) is 3.48. The van der Waals surface area contributed by atoms with E-state index >= 15 is 0 Å². The van der Waals surface area contributed by atoms with Crippen molar-refractivity contribution in [3.8, 4) is 0 Å². The lowest BCUT2D eigenvalue weighted by molar-refractivity contribution is -0.122. The van der Waals surface area contributed by atoms with E-state index in [1.54, 1.807) is 0 Å². The number of hydrogen-bond acceptors (Lipinski definition) is 2. The third-order valence-corrected chi connectivity index (χ3v) is 4.45. The number of carbonyl (C=O) groups is 2. The summed E-state index contributed by atoms with van der Waals surface area (Å²) in [4.78, 5) is 23.9. The Labute approximate surface area is 159 Å². The standard InChI is InChI=1S/C21H25ClN2O2/c1-21(2,17-9-6-10-18(22)14-17)15-24-19(25)11-12-23-20(26)13-16-7-4-3-5-8-16/h3-10,14H,11-13,15H2,1-2H3,(H,23,26)(H,24,25). The van der Waals surface area contributed by atoms with E-state index in [-0.39, 0.29) is 23.7 Å². The first-order valence-electron chi connectivity index (χ1n) is 8.70. The number of carbonyl (C=O) groups excluding carboxylic acids is 2. The molecule has 5 heteroatoms. The van der Waals surface area contributed by atoms with E-state index in [1.807, 2.05) is 54.6 Å². The lowest BCUT2D eigenvalue weighted by Crippen LogP contribution is -2.38. The SMILES string of the molecule is CC(C)(CNC(=O)CCNC(=O)Cc1ccccc1)c1cccc(Cl)c1. The van der Waals surface area contributed by atoms with E-state index in [0.29, 0.717) is 24.5 Å². The highest BCUT2D eigenvalue weighted by molar-refractivity contribution is 6.30. The van der Waals surface area contributed by atoms with E-state index in [0.717, 1.165) is 11.1 Å². The van der Waals surface area contributed by atoms with Crippen molar-refractivity contribution >= 4 is 23.4 Å². The molecule has 4 nitrogen and oxygen atoms in total. The third kappa shape index (κ3) is 6.52. The molecule has 0 aliphatic heterocycles. The van der Waals surface area contributed by atoms with Gasteiger partial charge < -0.3 is 10.6 Å². The Kier molecular flexibility index (Phi) is 7.22. The van der Waals surface area contributed by atoms with E-state index < -0.39 is 0 Å². The first-order chi connectivity index (χ1) is 12.4. The van der Waals surface area contributed by atoms with Crippen LogP contribution in [0.5, 0.6) is 0 Å². The summed E-state index contributed by atoms with van der Waals surface area (Å²) in [5.41, 5.74) is 1.80. The molecule has 0 unspecified atom stereocenters. The largest absolute Gasteiger partial charge is 0.355 e. The van der Waals surface area contributed by atoms with Crippen molar-refractivity contribution in [2.24, 2.45) is 0 Å². The van der Waals surface area contributed by atoms with Crippen molar-refractivity contribution in [1.29, 1.82) is 0 Å². The van der Waals surface area contributed by atoms with Crippen LogP contribution in [0.1, 0.15) is 31.4 Å². The second-order valence-electron chi connectivity index (χ2n) is 6.93. The number of hydrogen-bond donors (Lipinski definition) is 2. The van der Waals surface area contributed by atoms with E-state index in [4.69, 9.17) is 11.6 Å². The molecule has 2 aromatic rings. The van der Waals surface area contributed by atoms with Crippen LogP contribution in [0.25, 0.3) is 0 Å². The maximum Gasteiger partial charge on any atom is 0.224 e. The molecule has 2 rings (SSSR count). The van der Waals surface area contributed by atoms with Crippen LogP contribution in [0.2, 0.25) is 5.02 Å². The Morgan fingerprint density at radius 3 is 2.38 bits per heavy atom. The lowest BCUT2D eigenvalue weighted by Gasteiger charge is -2.26. The molecule has 2 amide bonds. The monoisotopic (exact) mass is 372 g/mol. The van der Waals surface area contributed by atoms with Crippen molar-refractivity contribution in [2.75, 3.05) is 13.1 Å². The molecule has 0 spiro atoms. The Morgan fingerprint density at radius 1 is 0.962 bits per heavy atom. The van der Waals surface area contributed by atoms with Crippen LogP contribution in [0.4, 0.5) is 0 Å². The van der Waals surface area contributed by atoms with Gasteiger partial charge in [-0.15, -0.1) is 0 Å². The summed E-state index contributed by atoms with van der Waals surface area (Å²) in [5.74, 6) is -0.164. The highest BCUT2D eigenvalue weighted by atomic mass is 35.5. The highest BCUT2D eigenvalue weighted by Gasteiger charge is 2.21. The Morgan fingerprint density at radius 2 is 1.69 bits per heavy atom. The zero-order chi connectivity index (χ0) is 19.0. The van der Waals surface area contributed by atoms with Crippen LogP contribution < -0.4 is 10.6 Å². The fourth-order valence-corrected chi connectivity index (χ4v) is 2.77. The Hall–Kier alpha value is -2.33. The summed E-state index contributed by atoms with van der Waals surface area (Å²) in [6.07, 6.45) is 0.580. The normalized spacial score (nSPS) is 11.0. The average Bonchev–Trinajstić information content (AvgIpc) is 2.61. The van der Waals surface area contributed by atoms with Gasteiger partial charge in [-0.2, -0.15) is 0 Å². The summed E-state index contributed by atoms with van der Waals surface area (Å²) in [6, 6.07) is 17.2. The zero-order valence-electron chi connectivity index (χ0n) is 15.2. The fraction of sp³-hybridized carbons (Fsp3) is 0.333. The minimum atomic E-state index is -0.225. The van der Waals surface area contributed by atoms with Gasteiger partial charge in [0.25, 0.3) is 0 Å². The van der Waals surface area contributed by atoms with Gasteiger partial charge in [0.2, 0.25) is 11.8 Å². The summed E-state index contributed by atoms with van der Waals surface area (Å²) in [5, 5.41) is 6.40. The number of amides is 2. The summed E-state index contributed by atoms with van der Waals surface area (Å²) >= 11 is 6.04. The number of halogens is 1.